The minimum Gasteiger partial charge on any atom is -0.487 e. The number of rotatable bonds is 6. The molecule has 0 saturated heterocycles. The van der Waals surface area contributed by atoms with Gasteiger partial charge in [-0.3, -0.25) is 0 Å². The Hall–Kier alpha value is -1.58. The Bertz CT molecular complexity index is 601. The van der Waals surface area contributed by atoms with Crippen molar-refractivity contribution < 1.29 is 9.13 Å². The van der Waals surface area contributed by atoms with Gasteiger partial charge in [-0.1, -0.05) is 49.7 Å². The van der Waals surface area contributed by atoms with Gasteiger partial charge in [0, 0.05) is 12.6 Å². The number of hydrogen-bond donors (Lipinski definition) is 1. The molecule has 2 aromatic rings. The molecule has 0 aliphatic carbocycles. The third-order valence-electron chi connectivity index (χ3n) is 3.10. The van der Waals surface area contributed by atoms with Gasteiger partial charge in [-0.15, -0.1) is 0 Å². The molecular weight excluding hydrogens is 289 g/mol. The van der Waals surface area contributed by atoms with Gasteiger partial charge in [0.15, 0.2) is 0 Å². The molecule has 0 spiro atoms. The second kappa shape index (κ2) is 7.43. The lowest BCUT2D eigenvalue weighted by atomic mass is 10.1. The predicted octanol–water partition coefficient (Wildman–Crippen LogP) is 4.56. The molecule has 0 unspecified atom stereocenters. The maximum atomic E-state index is 13.0. The van der Waals surface area contributed by atoms with Crippen molar-refractivity contribution in [3.05, 3.63) is 64.4 Å². The van der Waals surface area contributed by atoms with Crippen molar-refractivity contribution in [3.8, 4) is 5.75 Å². The van der Waals surface area contributed by atoms with E-state index < -0.39 is 0 Å². The van der Waals surface area contributed by atoms with E-state index >= 15 is 0 Å². The predicted molar refractivity (Wildman–Crippen MR) is 84.2 cm³/mol. The minimum atomic E-state index is -0.367. The Morgan fingerprint density at radius 2 is 1.86 bits per heavy atom. The van der Waals surface area contributed by atoms with Crippen molar-refractivity contribution in [2.24, 2.45) is 0 Å². The average Bonchev–Trinajstić information content (AvgIpc) is 2.45. The summed E-state index contributed by atoms with van der Waals surface area (Å²) >= 11 is 5.96. The van der Waals surface area contributed by atoms with Gasteiger partial charge in [0.05, 0.1) is 5.02 Å². The van der Waals surface area contributed by atoms with Crippen LogP contribution in [0.4, 0.5) is 4.39 Å². The minimum absolute atomic E-state index is 0.285. The van der Waals surface area contributed by atoms with Gasteiger partial charge in [-0.2, -0.15) is 0 Å². The molecular formula is C17H19ClFNO. The average molecular weight is 308 g/mol. The standard InChI is InChI=1S/C17H19ClFNO/c1-12(2)20-10-13-5-3-4-6-14(13)11-21-17-8-7-15(19)9-16(17)18/h3-9,12,20H,10-11H2,1-2H3. The molecule has 2 rings (SSSR count). The largest absolute Gasteiger partial charge is 0.487 e. The van der Waals surface area contributed by atoms with E-state index in [1.807, 2.05) is 18.2 Å². The van der Waals surface area contributed by atoms with Crippen LogP contribution in [-0.2, 0) is 13.2 Å². The molecule has 0 aromatic heterocycles. The number of ether oxygens (including phenoxy) is 1. The zero-order chi connectivity index (χ0) is 15.2. The van der Waals surface area contributed by atoms with Gasteiger partial charge in [0.2, 0.25) is 0 Å². The SMILES string of the molecule is CC(C)NCc1ccccc1COc1ccc(F)cc1Cl. The Kier molecular flexibility index (Phi) is 5.59. The molecule has 0 aliphatic heterocycles. The molecule has 0 radical (unpaired) electrons. The number of halogens is 2. The maximum Gasteiger partial charge on any atom is 0.138 e. The van der Waals surface area contributed by atoms with Gasteiger partial charge < -0.3 is 10.1 Å². The van der Waals surface area contributed by atoms with Crippen LogP contribution in [-0.4, -0.2) is 6.04 Å². The number of hydrogen-bond acceptors (Lipinski definition) is 2. The van der Waals surface area contributed by atoms with E-state index in [1.165, 1.54) is 17.7 Å². The molecule has 0 saturated carbocycles. The van der Waals surface area contributed by atoms with E-state index in [4.69, 9.17) is 16.3 Å². The monoisotopic (exact) mass is 307 g/mol. The lowest BCUT2D eigenvalue weighted by Gasteiger charge is -2.14. The molecule has 2 aromatic carbocycles. The van der Waals surface area contributed by atoms with Crippen molar-refractivity contribution in [1.29, 1.82) is 0 Å². The van der Waals surface area contributed by atoms with E-state index in [1.54, 1.807) is 6.07 Å². The highest BCUT2D eigenvalue weighted by Crippen LogP contribution is 2.26. The fourth-order valence-corrected chi connectivity index (χ4v) is 2.15. The lowest BCUT2D eigenvalue weighted by molar-refractivity contribution is 0.304. The first-order chi connectivity index (χ1) is 10.1. The summed E-state index contributed by atoms with van der Waals surface area (Å²) in [4.78, 5) is 0. The van der Waals surface area contributed by atoms with Crippen molar-refractivity contribution in [1.82, 2.24) is 5.32 Å². The molecule has 0 amide bonds. The van der Waals surface area contributed by atoms with E-state index in [2.05, 4.69) is 25.2 Å². The van der Waals surface area contributed by atoms with Crippen LogP contribution in [0.25, 0.3) is 0 Å². The summed E-state index contributed by atoms with van der Waals surface area (Å²) in [5, 5.41) is 3.67. The summed E-state index contributed by atoms with van der Waals surface area (Å²) in [5.74, 6) is 0.124. The molecule has 112 valence electrons. The Morgan fingerprint density at radius 1 is 1.14 bits per heavy atom. The third kappa shape index (κ3) is 4.73. The number of benzene rings is 2. The topological polar surface area (TPSA) is 21.3 Å². The summed E-state index contributed by atoms with van der Waals surface area (Å²) < 4.78 is 18.7. The van der Waals surface area contributed by atoms with Crippen LogP contribution in [0, 0.1) is 5.82 Å². The van der Waals surface area contributed by atoms with Crippen LogP contribution >= 0.6 is 11.6 Å². The van der Waals surface area contributed by atoms with E-state index in [0.717, 1.165) is 12.1 Å². The molecule has 0 aliphatic rings. The van der Waals surface area contributed by atoms with Gasteiger partial charge in [-0.05, 0) is 29.3 Å². The van der Waals surface area contributed by atoms with E-state index in [-0.39, 0.29) is 10.8 Å². The number of nitrogens with one attached hydrogen (secondary N) is 1. The zero-order valence-electron chi connectivity index (χ0n) is 12.2. The van der Waals surface area contributed by atoms with Crippen LogP contribution in [0.1, 0.15) is 25.0 Å². The Morgan fingerprint density at radius 3 is 2.52 bits per heavy atom. The van der Waals surface area contributed by atoms with Gasteiger partial charge in [0.25, 0.3) is 0 Å². The van der Waals surface area contributed by atoms with Crippen LogP contribution in [0.2, 0.25) is 5.02 Å². The zero-order valence-corrected chi connectivity index (χ0v) is 13.0. The molecule has 0 atom stereocenters. The smallest absolute Gasteiger partial charge is 0.138 e. The summed E-state index contributed by atoms with van der Waals surface area (Å²) in [5.41, 5.74) is 2.27. The highest BCUT2D eigenvalue weighted by Gasteiger charge is 2.06. The fourth-order valence-electron chi connectivity index (χ4n) is 1.93. The normalized spacial score (nSPS) is 10.9. The van der Waals surface area contributed by atoms with Crippen molar-refractivity contribution >= 4 is 11.6 Å². The molecule has 0 bridgehead atoms. The van der Waals surface area contributed by atoms with E-state index in [9.17, 15) is 4.39 Å². The molecule has 1 N–H and O–H groups in total. The fraction of sp³-hybridized carbons (Fsp3) is 0.294. The summed E-state index contributed by atoms with van der Waals surface area (Å²) in [6.45, 7) is 5.41. The van der Waals surface area contributed by atoms with Gasteiger partial charge in [-0.25, -0.2) is 4.39 Å². The Labute approximate surface area is 129 Å². The molecule has 0 fully saturated rings. The molecule has 2 nitrogen and oxygen atoms in total. The summed E-state index contributed by atoms with van der Waals surface area (Å²) in [7, 11) is 0. The first-order valence-electron chi connectivity index (χ1n) is 6.94. The second-order valence-corrected chi connectivity index (χ2v) is 5.57. The van der Waals surface area contributed by atoms with Crippen molar-refractivity contribution in [3.63, 3.8) is 0 Å². The summed E-state index contributed by atoms with van der Waals surface area (Å²) in [6.07, 6.45) is 0. The first-order valence-corrected chi connectivity index (χ1v) is 7.32. The van der Waals surface area contributed by atoms with Crippen LogP contribution < -0.4 is 10.1 Å². The van der Waals surface area contributed by atoms with Crippen LogP contribution in [0.15, 0.2) is 42.5 Å². The highest BCUT2D eigenvalue weighted by molar-refractivity contribution is 6.32. The van der Waals surface area contributed by atoms with Crippen molar-refractivity contribution in [2.75, 3.05) is 0 Å². The summed E-state index contributed by atoms with van der Waals surface area (Å²) in [6, 6.07) is 12.6. The molecule has 4 heteroatoms. The first kappa shape index (κ1) is 15.8. The van der Waals surface area contributed by atoms with Gasteiger partial charge >= 0.3 is 0 Å². The molecule has 0 heterocycles. The van der Waals surface area contributed by atoms with Crippen LogP contribution in [0.3, 0.4) is 0 Å². The van der Waals surface area contributed by atoms with Gasteiger partial charge in [0.1, 0.15) is 18.2 Å². The quantitative estimate of drug-likeness (QED) is 0.845. The van der Waals surface area contributed by atoms with Crippen molar-refractivity contribution in [2.45, 2.75) is 33.0 Å². The van der Waals surface area contributed by atoms with E-state index in [0.29, 0.717) is 18.4 Å². The second-order valence-electron chi connectivity index (χ2n) is 5.17. The lowest BCUT2D eigenvalue weighted by Crippen LogP contribution is -2.22. The molecule has 21 heavy (non-hydrogen) atoms. The third-order valence-corrected chi connectivity index (χ3v) is 3.39. The maximum absolute atomic E-state index is 13.0. The Balaban J connectivity index is 2.05. The highest BCUT2D eigenvalue weighted by atomic mass is 35.5. The van der Waals surface area contributed by atoms with Crippen LogP contribution in [0.5, 0.6) is 5.75 Å².